The number of ether oxygens (including phenoxy) is 2. The molecule has 1 amide bonds. The smallest absolute Gasteiger partial charge is 0.265 e. The molecule has 1 atom stereocenters. The van der Waals surface area contributed by atoms with Crippen LogP contribution in [-0.4, -0.2) is 58.4 Å². The third kappa shape index (κ3) is 4.07. The van der Waals surface area contributed by atoms with Crippen LogP contribution in [0.4, 0.5) is 10.7 Å². The van der Waals surface area contributed by atoms with Gasteiger partial charge in [-0.3, -0.25) is 4.79 Å². The van der Waals surface area contributed by atoms with Gasteiger partial charge in [0.1, 0.15) is 21.5 Å². The fourth-order valence-corrected chi connectivity index (χ4v) is 2.74. The molecule has 1 unspecified atom stereocenters. The molecule has 0 aliphatic carbocycles. The van der Waals surface area contributed by atoms with Crippen LogP contribution in [0.3, 0.4) is 0 Å². The number of thiophene rings is 1. The second-order valence-corrected chi connectivity index (χ2v) is 5.57. The maximum atomic E-state index is 12.0. The molecule has 1 rings (SSSR count). The van der Waals surface area contributed by atoms with Gasteiger partial charge >= 0.3 is 0 Å². The summed E-state index contributed by atoms with van der Waals surface area (Å²) in [6.45, 7) is 0.879. The van der Waals surface area contributed by atoms with Gasteiger partial charge in [0.05, 0.1) is 18.4 Å². The van der Waals surface area contributed by atoms with Gasteiger partial charge in [-0.15, -0.1) is 11.3 Å². The van der Waals surface area contributed by atoms with Gasteiger partial charge in [-0.2, -0.15) is 5.26 Å². The summed E-state index contributed by atoms with van der Waals surface area (Å²) in [5.74, 6) is -0.220. The van der Waals surface area contributed by atoms with Crippen molar-refractivity contribution in [1.82, 2.24) is 4.90 Å². The van der Waals surface area contributed by atoms with Crippen molar-refractivity contribution in [2.75, 3.05) is 52.5 Å². The molecular weight excluding hydrogens is 292 g/mol. The molecule has 0 aromatic carbocycles. The number of nitrogens with one attached hydrogen (secondary N) is 1. The maximum absolute atomic E-state index is 12.0. The fraction of sp³-hybridized carbons (Fsp3) is 0.538. The average molecular weight is 312 g/mol. The van der Waals surface area contributed by atoms with Crippen molar-refractivity contribution in [3.63, 3.8) is 0 Å². The number of nitriles is 1. The molecule has 1 aromatic heterocycles. The van der Waals surface area contributed by atoms with Gasteiger partial charge in [-0.25, -0.2) is 0 Å². The summed E-state index contributed by atoms with van der Waals surface area (Å²) in [6, 6.07) is 2.03. The monoisotopic (exact) mass is 312 g/mol. The predicted octanol–water partition coefficient (Wildman–Crippen LogP) is 0.977. The molecule has 3 N–H and O–H groups in total. The third-order valence-electron chi connectivity index (χ3n) is 2.83. The first kappa shape index (κ1) is 17.2. The van der Waals surface area contributed by atoms with Crippen LogP contribution in [0.1, 0.15) is 15.2 Å². The Morgan fingerprint density at radius 3 is 2.67 bits per heavy atom. The quantitative estimate of drug-likeness (QED) is 0.778. The summed E-state index contributed by atoms with van der Waals surface area (Å²) in [5, 5.41) is 12.9. The number of hydrogen-bond acceptors (Lipinski definition) is 7. The first-order chi connectivity index (χ1) is 9.96. The number of carbonyl (C=O) groups is 1. The van der Waals surface area contributed by atoms with Gasteiger partial charge in [0.25, 0.3) is 5.91 Å². The number of amides is 1. The second-order valence-electron chi connectivity index (χ2n) is 4.55. The molecule has 0 spiro atoms. The normalized spacial score (nSPS) is 11.8. The van der Waals surface area contributed by atoms with Crippen LogP contribution >= 0.6 is 11.3 Å². The first-order valence-electron chi connectivity index (χ1n) is 6.25. The molecule has 116 valence electrons. The van der Waals surface area contributed by atoms with Crippen LogP contribution in [0, 0.1) is 11.3 Å². The molecule has 1 heterocycles. The molecule has 8 heteroatoms. The Balaban J connectivity index is 2.95. The Labute approximate surface area is 128 Å². The highest BCUT2D eigenvalue weighted by Gasteiger charge is 2.22. The Morgan fingerprint density at radius 1 is 1.52 bits per heavy atom. The predicted molar refractivity (Wildman–Crippen MR) is 82.6 cm³/mol. The summed E-state index contributed by atoms with van der Waals surface area (Å²) in [6.07, 6.45) is -0.155. The Morgan fingerprint density at radius 2 is 2.19 bits per heavy atom. The third-order valence-corrected chi connectivity index (χ3v) is 3.98. The number of rotatable bonds is 7. The molecule has 0 saturated heterocycles. The Bertz CT molecular complexity index is 536. The number of hydrogen-bond donors (Lipinski definition) is 2. The molecular formula is C13H20N4O3S. The van der Waals surface area contributed by atoms with Crippen LogP contribution in [0.25, 0.3) is 0 Å². The zero-order valence-electron chi connectivity index (χ0n) is 12.6. The largest absolute Gasteiger partial charge is 0.396 e. The average Bonchev–Trinajstić information content (AvgIpc) is 2.78. The molecule has 1 aromatic rings. The topological polar surface area (TPSA) is 101 Å². The van der Waals surface area contributed by atoms with Crippen LogP contribution in [0.15, 0.2) is 0 Å². The number of nitrogens with two attached hydrogens (primary N) is 1. The van der Waals surface area contributed by atoms with Crippen molar-refractivity contribution in [2.45, 2.75) is 6.10 Å². The van der Waals surface area contributed by atoms with Gasteiger partial charge in [0.15, 0.2) is 0 Å². The van der Waals surface area contributed by atoms with E-state index in [0.717, 1.165) is 0 Å². The van der Waals surface area contributed by atoms with Crippen molar-refractivity contribution < 1.29 is 14.3 Å². The van der Waals surface area contributed by atoms with Gasteiger partial charge in [0.2, 0.25) is 0 Å². The minimum Gasteiger partial charge on any atom is -0.396 e. The number of nitrogen functional groups attached to an aromatic ring is 1. The molecule has 0 bridgehead atoms. The lowest BCUT2D eigenvalue weighted by Gasteiger charge is -2.15. The van der Waals surface area contributed by atoms with Crippen LogP contribution < -0.4 is 11.1 Å². The lowest BCUT2D eigenvalue weighted by molar-refractivity contribution is 0.0366. The van der Waals surface area contributed by atoms with E-state index in [1.807, 2.05) is 6.07 Å². The summed E-state index contributed by atoms with van der Waals surface area (Å²) in [7, 11) is 6.45. The molecule has 0 fully saturated rings. The van der Waals surface area contributed by atoms with Crippen molar-refractivity contribution in [2.24, 2.45) is 0 Å². The van der Waals surface area contributed by atoms with Crippen LogP contribution in [-0.2, 0) is 9.47 Å². The van der Waals surface area contributed by atoms with E-state index in [4.69, 9.17) is 15.2 Å². The van der Waals surface area contributed by atoms with E-state index in [0.29, 0.717) is 23.0 Å². The number of methoxy groups -OCH3 is 2. The highest BCUT2D eigenvalue weighted by molar-refractivity contribution is 7.18. The highest BCUT2D eigenvalue weighted by atomic mass is 32.1. The molecule has 0 aliphatic heterocycles. The number of carbonyl (C=O) groups excluding carboxylic acids is 1. The van der Waals surface area contributed by atoms with Gasteiger partial charge in [-0.1, -0.05) is 0 Å². The van der Waals surface area contributed by atoms with Crippen molar-refractivity contribution in [3.05, 3.63) is 10.4 Å². The standard InChI is InChI=1S/C13H20N4O3S/c1-17(2)13(18)11-10(15)9(5-14)12(21-11)16-6-8(20-4)7-19-3/h8,16H,6-7,15H2,1-4H3. The summed E-state index contributed by atoms with van der Waals surface area (Å²) >= 11 is 1.17. The number of nitrogens with zero attached hydrogens (tertiary/aromatic N) is 2. The first-order valence-corrected chi connectivity index (χ1v) is 7.07. The van der Waals surface area contributed by atoms with E-state index < -0.39 is 0 Å². The lowest BCUT2D eigenvalue weighted by Crippen LogP contribution is -2.26. The van der Waals surface area contributed by atoms with Gasteiger partial charge in [-0.05, 0) is 0 Å². The number of anilines is 2. The summed E-state index contributed by atoms with van der Waals surface area (Å²) < 4.78 is 10.3. The zero-order valence-corrected chi connectivity index (χ0v) is 13.4. The Kier molecular flexibility index (Phi) is 6.42. The van der Waals surface area contributed by atoms with E-state index in [2.05, 4.69) is 5.32 Å². The summed E-state index contributed by atoms with van der Waals surface area (Å²) in [4.78, 5) is 13.8. The van der Waals surface area contributed by atoms with Crippen molar-refractivity contribution >= 4 is 27.9 Å². The molecule has 7 nitrogen and oxygen atoms in total. The minimum atomic E-state index is -0.220. The fourth-order valence-electron chi connectivity index (χ4n) is 1.64. The van der Waals surface area contributed by atoms with Crippen LogP contribution in [0.2, 0.25) is 0 Å². The van der Waals surface area contributed by atoms with E-state index >= 15 is 0 Å². The maximum Gasteiger partial charge on any atom is 0.265 e. The molecule has 21 heavy (non-hydrogen) atoms. The SMILES string of the molecule is COCC(CNc1sc(C(=O)N(C)C)c(N)c1C#N)OC. The Hall–Kier alpha value is -1.82. The van der Waals surface area contributed by atoms with Gasteiger partial charge < -0.3 is 25.4 Å². The van der Waals surface area contributed by atoms with E-state index in [1.165, 1.54) is 16.2 Å². The summed E-state index contributed by atoms with van der Waals surface area (Å²) in [5.41, 5.74) is 6.40. The van der Waals surface area contributed by atoms with Crippen molar-refractivity contribution in [1.29, 1.82) is 5.26 Å². The highest BCUT2D eigenvalue weighted by Crippen LogP contribution is 2.35. The van der Waals surface area contributed by atoms with E-state index in [1.54, 1.807) is 28.3 Å². The van der Waals surface area contributed by atoms with Gasteiger partial charge in [0, 0.05) is 34.9 Å². The van der Waals surface area contributed by atoms with E-state index in [-0.39, 0.29) is 23.3 Å². The molecule has 0 saturated carbocycles. The van der Waals surface area contributed by atoms with Crippen molar-refractivity contribution in [3.8, 4) is 6.07 Å². The molecule has 0 radical (unpaired) electrons. The molecule has 0 aliphatic rings. The minimum absolute atomic E-state index is 0.155. The van der Waals surface area contributed by atoms with E-state index in [9.17, 15) is 10.1 Å². The lowest BCUT2D eigenvalue weighted by atomic mass is 10.2. The second kappa shape index (κ2) is 7.83. The zero-order chi connectivity index (χ0) is 16.0. The van der Waals surface area contributed by atoms with Crippen LogP contribution in [0.5, 0.6) is 0 Å².